The standard InChI is InChI=1S/C18H20ClN/c1-12-7-13(2)17-10-15(11-20-18(17)8-12)9-14-3-5-16(19)6-4-14/h3-8,15,20H,9-11H2,1-2H3. The summed E-state index contributed by atoms with van der Waals surface area (Å²) in [5.41, 5.74) is 6.93. The average Bonchev–Trinajstić information content (AvgIpc) is 2.42. The summed E-state index contributed by atoms with van der Waals surface area (Å²) in [6.07, 6.45) is 2.27. The van der Waals surface area contributed by atoms with E-state index in [4.69, 9.17) is 11.6 Å². The zero-order valence-corrected chi connectivity index (χ0v) is 12.8. The van der Waals surface area contributed by atoms with Crippen LogP contribution >= 0.6 is 11.6 Å². The fourth-order valence-electron chi connectivity index (χ4n) is 3.14. The van der Waals surface area contributed by atoms with Crippen molar-refractivity contribution in [1.29, 1.82) is 0 Å². The van der Waals surface area contributed by atoms with Crippen LogP contribution in [0.5, 0.6) is 0 Å². The normalized spacial score (nSPS) is 17.4. The molecule has 2 aromatic carbocycles. The van der Waals surface area contributed by atoms with Crippen molar-refractivity contribution in [2.75, 3.05) is 11.9 Å². The van der Waals surface area contributed by atoms with E-state index in [2.05, 4.69) is 43.4 Å². The molecule has 0 saturated carbocycles. The monoisotopic (exact) mass is 285 g/mol. The molecule has 1 aliphatic heterocycles. The van der Waals surface area contributed by atoms with Gasteiger partial charge in [-0.2, -0.15) is 0 Å². The van der Waals surface area contributed by atoms with E-state index in [1.54, 1.807) is 0 Å². The molecule has 0 amide bonds. The van der Waals surface area contributed by atoms with E-state index in [0.717, 1.165) is 24.4 Å². The molecule has 2 aromatic rings. The van der Waals surface area contributed by atoms with Crippen LogP contribution in [0.1, 0.15) is 22.3 Å². The quantitative estimate of drug-likeness (QED) is 0.837. The van der Waals surface area contributed by atoms with Gasteiger partial charge in [0.15, 0.2) is 0 Å². The van der Waals surface area contributed by atoms with Crippen molar-refractivity contribution in [2.24, 2.45) is 5.92 Å². The Hall–Kier alpha value is -1.47. The van der Waals surface area contributed by atoms with E-state index >= 15 is 0 Å². The van der Waals surface area contributed by atoms with Crippen LogP contribution < -0.4 is 5.32 Å². The third kappa shape index (κ3) is 2.83. The largest absolute Gasteiger partial charge is 0.385 e. The topological polar surface area (TPSA) is 12.0 Å². The number of hydrogen-bond donors (Lipinski definition) is 1. The van der Waals surface area contributed by atoms with Crippen molar-refractivity contribution in [1.82, 2.24) is 0 Å². The molecule has 1 nitrogen and oxygen atoms in total. The Kier molecular flexibility index (Phi) is 3.71. The zero-order chi connectivity index (χ0) is 14.1. The maximum atomic E-state index is 5.94. The Morgan fingerprint density at radius 2 is 1.90 bits per heavy atom. The van der Waals surface area contributed by atoms with E-state index in [1.807, 2.05) is 12.1 Å². The minimum Gasteiger partial charge on any atom is -0.385 e. The molecule has 3 rings (SSSR count). The van der Waals surface area contributed by atoms with Gasteiger partial charge in [-0.15, -0.1) is 0 Å². The van der Waals surface area contributed by atoms with E-state index in [-0.39, 0.29) is 0 Å². The predicted octanol–water partition coefficient (Wildman–Crippen LogP) is 4.78. The molecule has 0 saturated heterocycles. The number of rotatable bonds is 2. The van der Waals surface area contributed by atoms with E-state index < -0.39 is 0 Å². The molecular weight excluding hydrogens is 266 g/mol. The van der Waals surface area contributed by atoms with Crippen LogP contribution in [0.3, 0.4) is 0 Å². The Bertz CT molecular complexity index is 616. The lowest BCUT2D eigenvalue weighted by Crippen LogP contribution is -2.25. The molecule has 0 spiro atoms. The van der Waals surface area contributed by atoms with Crippen LogP contribution in [-0.2, 0) is 12.8 Å². The lowest BCUT2D eigenvalue weighted by molar-refractivity contribution is 0.533. The van der Waals surface area contributed by atoms with E-state index in [1.165, 1.54) is 27.9 Å². The van der Waals surface area contributed by atoms with Crippen LogP contribution in [0.25, 0.3) is 0 Å². The van der Waals surface area contributed by atoms with E-state index in [9.17, 15) is 0 Å². The number of halogens is 1. The van der Waals surface area contributed by atoms with Gasteiger partial charge in [-0.1, -0.05) is 29.8 Å². The summed E-state index contributed by atoms with van der Waals surface area (Å²) in [4.78, 5) is 0. The van der Waals surface area contributed by atoms with E-state index in [0.29, 0.717) is 5.92 Å². The maximum Gasteiger partial charge on any atom is 0.0406 e. The second kappa shape index (κ2) is 5.49. The van der Waals surface area contributed by atoms with Gasteiger partial charge in [-0.05, 0) is 73.1 Å². The minimum atomic E-state index is 0.657. The number of nitrogens with one attached hydrogen (secondary N) is 1. The first kappa shape index (κ1) is 13.5. The summed E-state index contributed by atoms with van der Waals surface area (Å²) in [5.74, 6) is 0.657. The first-order valence-electron chi connectivity index (χ1n) is 7.20. The molecule has 0 radical (unpaired) electrons. The van der Waals surface area contributed by atoms with Crippen LogP contribution in [0.2, 0.25) is 5.02 Å². The zero-order valence-electron chi connectivity index (χ0n) is 12.0. The molecule has 2 heteroatoms. The summed E-state index contributed by atoms with van der Waals surface area (Å²) >= 11 is 5.94. The van der Waals surface area contributed by atoms with Crippen molar-refractivity contribution in [3.8, 4) is 0 Å². The molecule has 0 fully saturated rings. The lowest BCUT2D eigenvalue weighted by Gasteiger charge is -2.28. The molecule has 1 unspecified atom stereocenters. The van der Waals surface area contributed by atoms with Crippen molar-refractivity contribution in [3.63, 3.8) is 0 Å². The maximum absolute atomic E-state index is 5.94. The second-order valence-corrected chi connectivity index (χ2v) is 6.33. The molecule has 104 valence electrons. The summed E-state index contributed by atoms with van der Waals surface area (Å²) < 4.78 is 0. The number of aryl methyl sites for hydroxylation is 2. The SMILES string of the molecule is Cc1cc(C)c2c(c1)NCC(Cc1ccc(Cl)cc1)C2. The van der Waals surface area contributed by atoms with Gasteiger partial charge in [0.05, 0.1) is 0 Å². The van der Waals surface area contributed by atoms with Crippen molar-refractivity contribution in [3.05, 3.63) is 63.7 Å². The van der Waals surface area contributed by atoms with Gasteiger partial charge in [-0.3, -0.25) is 0 Å². The summed E-state index contributed by atoms with van der Waals surface area (Å²) in [6.45, 7) is 5.44. The third-order valence-corrected chi connectivity index (χ3v) is 4.38. The fourth-order valence-corrected chi connectivity index (χ4v) is 3.27. The number of anilines is 1. The molecule has 1 atom stereocenters. The van der Waals surface area contributed by atoms with Crippen LogP contribution in [0.15, 0.2) is 36.4 Å². The smallest absolute Gasteiger partial charge is 0.0406 e. The highest BCUT2D eigenvalue weighted by atomic mass is 35.5. The summed E-state index contributed by atoms with van der Waals surface area (Å²) in [6, 6.07) is 12.8. The Morgan fingerprint density at radius 3 is 2.65 bits per heavy atom. The highest BCUT2D eigenvalue weighted by Crippen LogP contribution is 2.30. The minimum absolute atomic E-state index is 0.657. The Balaban J connectivity index is 1.77. The Labute approximate surface area is 126 Å². The van der Waals surface area contributed by atoms with Gasteiger partial charge in [0, 0.05) is 17.3 Å². The van der Waals surface area contributed by atoms with Crippen molar-refractivity contribution in [2.45, 2.75) is 26.7 Å². The molecule has 1 heterocycles. The fraction of sp³-hybridized carbons (Fsp3) is 0.333. The number of fused-ring (bicyclic) bond motifs is 1. The molecular formula is C18H20ClN. The highest BCUT2D eigenvalue weighted by molar-refractivity contribution is 6.30. The average molecular weight is 286 g/mol. The van der Waals surface area contributed by atoms with Gasteiger partial charge in [-0.25, -0.2) is 0 Å². The van der Waals surface area contributed by atoms with Crippen LogP contribution in [-0.4, -0.2) is 6.54 Å². The van der Waals surface area contributed by atoms with Gasteiger partial charge in [0.2, 0.25) is 0 Å². The predicted molar refractivity (Wildman–Crippen MR) is 86.8 cm³/mol. The van der Waals surface area contributed by atoms with Gasteiger partial charge < -0.3 is 5.32 Å². The van der Waals surface area contributed by atoms with Gasteiger partial charge >= 0.3 is 0 Å². The summed E-state index contributed by atoms with van der Waals surface area (Å²) in [7, 11) is 0. The highest BCUT2D eigenvalue weighted by Gasteiger charge is 2.20. The molecule has 0 bridgehead atoms. The second-order valence-electron chi connectivity index (χ2n) is 5.89. The van der Waals surface area contributed by atoms with Crippen LogP contribution in [0.4, 0.5) is 5.69 Å². The molecule has 1 N–H and O–H groups in total. The molecule has 0 aliphatic carbocycles. The number of hydrogen-bond acceptors (Lipinski definition) is 1. The number of benzene rings is 2. The first-order valence-corrected chi connectivity index (χ1v) is 7.58. The Morgan fingerprint density at radius 1 is 1.15 bits per heavy atom. The molecule has 20 heavy (non-hydrogen) atoms. The van der Waals surface area contributed by atoms with Crippen molar-refractivity contribution >= 4 is 17.3 Å². The van der Waals surface area contributed by atoms with Crippen LogP contribution in [0, 0.1) is 19.8 Å². The molecule has 1 aliphatic rings. The van der Waals surface area contributed by atoms with Gasteiger partial charge in [0.25, 0.3) is 0 Å². The van der Waals surface area contributed by atoms with Gasteiger partial charge in [0.1, 0.15) is 0 Å². The summed E-state index contributed by atoms with van der Waals surface area (Å²) in [5, 5.41) is 4.41. The first-order chi connectivity index (χ1) is 9.61. The lowest BCUT2D eigenvalue weighted by atomic mass is 9.86. The third-order valence-electron chi connectivity index (χ3n) is 4.13. The molecule has 0 aromatic heterocycles. The van der Waals surface area contributed by atoms with Crippen molar-refractivity contribution < 1.29 is 0 Å².